The molecule has 1 aliphatic rings. The number of nitrogens with one attached hydrogen (secondary N) is 1. The first kappa shape index (κ1) is 11.5. The summed E-state index contributed by atoms with van der Waals surface area (Å²) in [5.74, 6) is 0. The van der Waals surface area contributed by atoms with Crippen molar-refractivity contribution in [3.05, 3.63) is 29.8 Å². The molecule has 88 valence electrons. The maximum Gasteiger partial charge on any atom is 0.0590 e. The van der Waals surface area contributed by atoms with Crippen LogP contribution >= 0.6 is 0 Å². The Morgan fingerprint density at radius 1 is 1.31 bits per heavy atom. The van der Waals surface area contributed by atoms with Crippen molar-refractivity contribution in [2.45, 2.75) is 44.8 Å². The van der Waals surface area contributed by atoms with Crippen molar-refractivity contribution in [1.82, 2.24) is 0 Å². The number of ether oxygens (including phenoxy) is 1. The molecule has 1 fully saturated rings. The molecule has 2 rings (SSSR count). The third kappa shape index (κ3) is 2.99. The Labute approximate surface area is 98.0 Å². The molecule has 2 nitrogen and oxygen atoms in total. The van der Waals surface area contributed by atoms with Crippen LogP contribution in [0.2, 0.25) is 0 Å². The summed E-state index contributed by atoms with van der Waals surface area (Å²) >= 11 is 0. The predicted molar refractivity (Wildman–Crippen MR) is 67.9 cm³/mol. The molecular weight excluding hydrogens is 198 g/mol. The van der Waals surface area contributed by atoms with E-state index in [1.54, 1.807) is 0 Å². The minimum atomic E-state index is 0.441. The molecular formula is C14H21NO. The van der Waals surface area contributed by atoms with Crippen LogP contribution in [-0.2, 0) is 4.74 Å². The van der Waals surface area contributed by atoms with Gasteiger partial charge in [-0.25, -0.2) is 0 Å². The third-order valence-corrected chi connectivity index (χ3v) is 3.35. The topological polar surface area (TPSA) is 21.3 Å². The van der Waals surface area contributed by atoms with Crippen LogP contribution in [0, 0.1) is 6.92 Å². The normalized spacial score (nSPS) is 25.4. The summed E-state index contributed by atoms with van der Waals surface area (Å²) in [7, 11) is 1.82. The minimum absolute atomic E-state index is 0.441. The molecule has 1 aliphatic carbocycles. The highest BCUT2D eigenvalue weighted by molar-refractivity contribution is 5.46. The summed E-state index contributed by atoms with van der Waals surface area (Å²) in [5.41, 5.74) is 2.55. The molecule has 0 amide bonds. The van der Waals surface area contributed by atoms with Crippen molar-refractivity contribution in [2.24, 2.45) is 0 Å². The van der Waals surface area contributed by atoms with E-state index >= 15 is 0 Å². The van der Waals surface area contributed by atoms with Crippen LogP contribution in [0.1, 0.15) is 31.2 Å². The molecule has 16 heavy (non-hydrogen) atoms. The molecule has 2 unspecified atom stereocenters. The molecule has 0 aromatic heterocycles. The monoisotopic (exact) mass is 219 g/mol. The fourth-order valence-electron chi connectivity index (χ4n) is 2.46. The minimum Gasteiger partial charge on any atom is -0.382 e. The smallest absolute Gasteiger partial charge is 0.0590 e. The largest absolute Gasteiger partial charge is 0.382 e. The lowest BCUT2D eigenvalue weighted by Crippen LogP contribution is -2.30. The van der Waals surface area contributed by atoms with Gasteiger partial charge in [0.25, 0.3) is 0 Å². The highest BCUT2D eigenvalue weighted by Gasteiger charge is 2.21. The summed E-state index contributed by atoms with van der Waals surface area (Å²) in [6.07, 6.45) is 5.30. The molecule has 0 aliphatic heterocycles. The van der Waals surface area contributed by atoms with Crippen LogP contribution in [0.4, 0.5) is 5.69 Å². The highest BCUT2D eigenvalue weighted by atomic mass is 16.5. The van der Waals surface area contributed by atoms with Gasteiger partial charge in [0, 0.05) is 18.8 Å². The molecule has 0 radical (unpaired) electrons. The Hall–Kier alpha value is -1.02. The summed E-state index contributed by atoms with van der Waals surface area (Å²) in [4.78, 5) is 0. The van der Waals surface area contributed by atoms with E-state index < -0.39 is 0 Å². The van der Waals surface area contributed by atoms with Gasteiger partial charge in [0.05, 0.1) is 6.10 Å². The molecule has 1 saturated carbocycles. The fourth-order valence-corrected chi connectivity index (χ4v) is 2.46. The van der Waals surface area contributed by atoms with Gasteiger partial charge in [-0.05, 0) is 50.3 Å². The fraction of sp³-hybridized carbons (Fsp3) is 0.571. The van der Waals surface area contributed by atoms with E-state index in [4.69, 9.17) is 4.74 Å². The Morgan fingerprint density at radius 3 is 2.94 bits per heavy atom. The number of aryl methyl sites for hydroxylation is 1. The van der Waals surface area contributed by atoms with E-state index in [9.17, 15) is 0 Å². The lowest BCUT2D eigenvalue weighted by Gasteiger charge is -2.29. The highest BCUT2D eigenvalue weighted by Crippen LogP contribution is 2.24. The molecule has 0 saturated heterocycles. The quantitative estimate of drug-likeness (QED) is 0.841. The van der Waals surface area contributed by atoms with Gasteiger partial charge in [-0.2, -0.15) is 0 Å². The van der Waals surface area contributed by atoms with E-state index in [1.165, 1.54) is 30.5 Å². The zero-order valence-electron chi connectivity index (χ0n) is 10.2. The molecule has 0 heterocycles. The number of rotatable bonds is 3. The van der Waals surface area contributed by atoms with Crippen molar-refractivity contribution in [3.8, 4) is 0 Å². The number of benzene rings is 1. The Kier molecular flexibility index (Phi) is 3.83. The lowest BCUT2D eigenvalue weighted by molar-refractivity contribution is 0.0669. The van der Waals surface area contributed by atoms with Crippen LogP contribution in [0.15, 0.2) is 24.3 Å². The first-order chi connectivity index (χ1) is 7.78. The Bertz CT molecular complexity index is 337. The zero-order chi connectivity index (χ0) is 11.4. The molecule has 1 N–H and O–H groups in total. The maximum absolute atomic E-state index is 5.44. The van der Waals surface area contributed by atoms with Crippen molar-refractivity contribution in [3.63, 3.8) is 0 Å². The summed E-state index contributed by atoms with van der Waals surface area (Å²) < 4.78 is 5.44. The van der Waals surface area contributed by atoms with Crippen LogP contribution in [0.3, 0.4) is 0 Å². The van der Waals surface area contributed by atoms with Crippen molar-refractivity contribution in [1.29, 1.82) is 0 Å². The van der Waals surface area contributed by atoms with E-state index in [-0.39, 0.29) is 0 Å². The van der Waals surface area contributed by atoms with Crippen molar-refractivity contribution >= 4 is 5.69 Å². The standard InChI is InChI=1S/C14H21NO/c1-11-5-3-6-12(9-11)15-13-7-4-8-14(10-13)16-2/h3,5-6,9,13-15H,4,7-8,10H2,1-2H3. The molecule has 1 aromatic carbocycles. The second-order valence-electron chi connectivity index (χ2n) is 4.74. The maximum atomic E-state index is 5.44. The van der Waals surface area contributed by atoms with E-state index in [0.717, 1.165) is 6.42 Å². The number of methoxy groups -OCH3 is 1. The summed E-state index contributed by atoms with van der Waals surface area (Å²) in [6.45, 7) is 2.13. The van der Waals surface area contributed by atoms with Gasteiger partial charge in [0.2, 0.25) is 0 Å². The molecule has 1 aromatic rings. The van der Waals surface area contributed by atoms with E-state index in [2.05, 4.69) is 36.5 Å². The van der Waals surface area contributed by atoms with Gasteiger partial charge in [-0.1, -0.05) is 12.1 Å². The second kappa shape index (κ2) is 5.35. The van der Waals surface area contributed by atoms with Crippen LogP contribution < -0.4 is 5.32 Å². The third-order valence-electron chi connectivity index (χ3n) is 3.35. The average molecular weight is 219 g/mol. The van der Waals surface area contributed by atoms with Crippen molar-refractivity contribution in [2.75, 3.05) is 12.4 Å². The number of hydrogen-bond donors (Lipinski definition) is 1. The lowest BCUT2D eigenvalue weighted by atomic mass is 9.92. The Balaban J connectivity index is 1.94. The molecule has 0 spiro atoms. The van der Waals surface area contributed by atoms with Crippen LogP contribution in [0.25, 0.3) is 0 Å². The van der Waals surface area contributed by atoms with E-state index in [0.29, 0.717) is 12.1 Å². The van der Waals surface area contributed by atoms with Gasteiger partial charge in [0.15, 0.2) is 0 Å². The number of hydrogen-bond acceptors (Lipinski definition) is 2. The Morgan fingerprint density at radius 2 is 2.19 bits per heavy atom. The number of anilines is 1. The second-order valence-corrected chi connectivity index (χ2v) is 4.74. The summed E-state index contributed by atoms with van der Waals surface area (Å²) in [5, 5.41) is 3.61. The summed E-state index contributed by atoms with van der Waals surface area (Å²) in [6, 6.07) is 9.15. The SMILES string of the molecule is COC1CCCC(Nc2cccc(C)c2)C1. The van der Waals surface area contributed by atoms with Gasteiger partial charge in [0.1, 0.15) is 0 Å². The van der Waals surface area contributed by atoms with E-state index in [1.807, 2.05) is 7.11 Å². The average Bonchev–Trinajstić information content (AvgIpc) is 2.29. The van der Waals surface area contributed by atoms with Crippen molar-refractivity contribution < 1.29 is 4.74 Å². The van der Waals surface area contributed by atoms with Crippen LogP contribution in [-0.4, -0.2) is 19.3 Å². The van der Waals surface area contributed by atoms with Crippen LogP contribution in [0.5, 0.6) is 0 Å². The molecule has 2 heteroatoms. The first-order valence-corrected chi connectivity index (χ1v) is 6.14. The molecule has 2 atom stereocenters. The zero-order valence-corrected chi connectivity index (χ0v) is 10.2. The predicted octanol–water partition coefficient (Wildman–Crippen LogP) is 3.36. The van der Waals surface area contributed by atoms with Gasteiger partial charge >= 0.3 is 0 Å². The van der Waals surface area contributed by atoms with Gasteiger partial charge in [-0.15, -0.1) is 0 Å². The van der Waals surface area contributed by atoms with Gasteiger partial charge < -0.3 is 10.1 Å². The first-order valence-electron chi connectivity index (χ1n) is 6.14. The molecule has 0 bridgehead atoms. The van der Waals surface area contributed by atoms with Gasteiger partial charge in [-0.3, -0.25) is 0 Å².